The van der Waals surface area contributed by atoms with Gasteiger partial charge in [-0.05, 0) is 36.8 Å². The molecule has 0 aliphatic rings. The molecule has 32 N–H and O–H groups in total. The average Bonchev–Trinajstić information content (AvgIpc) is 0.939. The Hall–Kier alpha value is -21.9. The monoisotopic (exact) mass is 2000 g/mol. The SMILES string of the molecule is COc1c(O)cc(Oc2c(O)cc(Oc3c(O)cc(Oc4c(O)cc(Oc5c(O)cc(C)cc5O)cc4O)cc3O)cc2O)cc1O.Oc1cc(O)cc(Oc2cc(O)c(Oc3c(O)cc(O)cc3Oc3cc(O)c(Oc4cc(O)cc(O)c4Oc4cc(O)cc(O)c4Oc4cc(O)cc(O)c4Oc4cc(O)c(Oc5c(O)cc(O)cc5Oc5c(O)cc(Oc6c(O)cccc6O)cc5O)c(O)c4)c(O)c3)c(O)c2)c1. The van der Waals surface area contributed by atoms with Gasteiger partial charge >= 0.3 is 0 Å². The molecule has 746 valence electrons. The standard InChI is InChI=1S/C66H46O32.C32H26O15/c67-25-4-26(68)6-32(5-25)89-33-17-48(85)60(49(86)18-33)97-65-42(79)10-27(69)12-52(65)90-34-19-44(81)58(45(82)20-34)93-54-14-29(71)8-40(77)63(54)96-55-15-30(72)9-41(78)64(55)95-53-13-28(70)7-39(76)62(53)92-36-23-50(87)61(51(88)24-36)98-66-43(80)11-31(73)16-56(66)94-59-46(83)21-35(22-47(59)84)91-57-37(74)2-1-3-38(57)75;1-13-3-18(33)29(19(34)4-13)44-15-7-22(37)31(23(38)8-15)46-17-11-26(41)32(27(42)12-17)47-16-9-24(39)30(25(40)10-16)45-14-5-20(35)28(43-2)21(36)6-14/h1-24,67-88H;3-12,33-42H,1-2H3. The van der Waals surface area contributed by atoms with Crippen LogP contribution in [-0.4, -0.2) is 171 Å². The van der Waals surface area contributed by atoms with Crippen molar-refractivity contribution in [3.8, 4) is 351 Å². The normalized spacial score (nSPS) is 10.9. The van der Waals surface area contributed by atoms with Crippen LogP contribution in [0, 0.1) is 6.92 Å². The quantitative estimate of drug-likeness (QED) is 0.0207. The van der Waals surface area contributed by atoms with E-state index in [1.165, 1.54) is 37.4 Å². The van der Waals surface area contributed by atoms with Crippen molar-refractivity contribution in [3.63, 3.8) is 0 Å². The maximum absolute atomic E-state index is 11.3. The molecule has 0 fully saturated rings. The predicted molar refractivity (Wildman–Crippen MR) is 489 cm³/mol. The molecule has 0 bridgehead atoms. The number of rotatable bonds is 29. The van der Waals surface area contributed by atoms with Crippen molar-refractivity contribution < 1.29 is 234 Å². The van der Waals surface area contributed by atoms with Gasteiger partial charge in [0.05, 0.1) is 7.11 Å². The number of hydrogen-bond acceptors (Lipinski definition) is 47. The van der Waals surface area contributed by atoms with Crippen molar-refractivity contribution in [3.05, 3.63) is 212 Å². The molecule has 0 amide bonds. The van der Waals surface area contributed by atoms with Gasteiger partial charge in [-0.3, -0.25) is 0 Å². The van der Waals surface area contributed by atoms with E-state index in [1.54, 1.807) is 6.92 Å². The number of benzene rings is 16. The van der Waals surface area contributed by atoms with Crippen LogP contribution >= 0.6 is 0 Å². The minimum atomic E-state index is -0.993. The first-order valence-corrected chi connectivity index (χ1v) is 40.6. The number of phenols is 32. The van der Waals surface area contributed by atoms with Crippen LogP contribution < -0.4 is 71.1 Å². The molecular weight excluding hydrogens is 1930 g/mol. The molecule has 0 unspecified atom stereocenters. The zero-order valence-corrected chi connectivity index (χ0v) is 73.1. The second-order valence-corrected chi connectivity index (χ2v) is 30.4. The summed E-state index contributed by atoms with van der Waals surface area (Å²) in [5, 5.41) is 340. The van der Waals surface area contributed by atoms with Crippen molar-refractivity contribution in [2.24, 2.45) is 0 Å². The van der Waals surface area contributed by atoms with E-state index in [2.05, 4.69) is 0 Å². The van der Waals surface area contributed by atoms with Crippen molar-refractivity contribution in [2.75, 3.05) is 7.11 Å². The van der Waals surface area contributed by atoms with Gasteiger partial charge in [-0.2, -0.15) is 0 Å². The fourth-order valence-corrected chi connectivity index (χ4v) is 13.5. The number of methoxy groups -OCH3 is 1. The molecule has 0 spiro atoms. The van der Waals surface area contributed by atoms with Gasteiger partial charge in [0, 0.05) is 176 Å². The lowest BCUT2D eigenvalue weighted by molar-refractivity contribution is 0.324. The van der Waals surface area contributed by atoms with Crippen LogP contribution in [0.5, 0.6) is 351 Å². The molecule has 0 atom stereocenters. The Bertz CT molecular complexity index is 7570. The lowest BCUT2D eigenvalue weighted by Crippen LogP contribution is -1.97. The third-order valence-corrected chi connectivity index (χ3v) is 19.6. The first-order chi connectivity index (χ1) is 68.7. The molecule has 0 saturated carbocycles. The highest BCUT2D eigenvalue weighted by atomic mass is 16.6. The Morgan fingerprint density at radius 1 is 0.131 bits per heavy atom. The van der Waals surface area contributed by atoms with Crippen LogP contribution in [0.2, 0.25) is 0 Å². The Balaban J connectivity index is 0.000000280. The molecule has 47 heteroatoms. The number of para-hydroxylation sites is 1. The van der Waals surface area contributed by atoms with E-state index >= 15 is 0 Å². The van der Waals surface area contributed by atoms with E-state index < -0.39 is 276 Å². The number of hydrogen-bond donors (Lipinski definition) is 32. The number of aromatic hydroxyl groups is 32. The van der Waals surface area contributed by atoms with E-state index in [4.69, 9.17) is 71.1 Å². The van der Waals surface area contributed by atoms with E-state index in [9.17, 15) is 163 Å². The molecule has 0 aliphatic heterocycles. The highest BCUT2D eigenvalue weighted by molar-refractivity contribution is 5.72. The van der Waals surface area contributed by atoms with Gasteiger partial charge in [0.1, 0.15) is 92.0 Å². The Kier molecular flexibility index (Phi) is 26.6. The maximum atomic E-state index is 11.3. The molecule has 0 radical (unpaired) electrons. The average molecular weight is 2000 g/mol. The number of ether oxygens (including phenoxy) is 15. The topological polar surface area (TPSA) is 786 Å². The first-order valence-electron chi connectivity index (χ1n) is 40.6. The van der Waals surface area contributed by atoms with Gasteiger partial charge < -0.3 is 234 Å². The third kappa shape index (κ3) is 21.5. The predicted octanol–water partition coefficient (Wildman–Crippen LogP) is 19.4. The van der Waals surface area contributed by atoms with E-state index in [-0.39, 0.29) is 74.7 Å². The molecule has 16 aromatic carbocycles. The minimum Gasteiger partial charge on any atom is -0.508 e. The summed E-state index contributed by atoms with van der Waals surface area (Å²) in [6, 6.07) is 32.1. The smallest absolute Gasteiger partial charge is 0.212 e. The Morgan fingerprint density at radius 2 is 0.290 bits per heavy atom. The molecule has 0 saturated heterocycles. The molecule has 47 nitrogen and oxygen atoms in total. The van der Waals surface area contributed by atoms with Crippen molar-refractivity contribution in [1.82, 2.24) is 0 Å². The maximum Gasteiger partial charge on any atom is 0.212 e. The minimum absolute atomic E-state index is 0.109. The zero-order chi connectivity index (χ0) is 104. The number of phenolic OH excluding ortho intramolecular Hbond substituents is 32. The van der Waals surface area contributed by atoms with Crippen molar-refractivity contribution in [1.29, 1.82) is 0 Å². The second-order valence-electron chi connectivity index (χ2n) is 30.4. The summed E-state index contributed by atoms with van der Waals surface area (Å²) in [5.41, 5.74) is 0.555. The van der Waals surface area contributed by atoms with E-state index in [1.807, 2.05) is 0 Å². The molecular formula is C98H72O47. The van der Waals surface area contributed by atoms with E-state index in [0.717, 1.165) is 164 Å². The van der Waals surface area contributed by atoms with Crippen molar-refractivity contribution in [2.45, 2.75) is 6.92 Å². The lowest BCUT2D eigenvalue weighted by atomic mass is 10.2. The molecule has 145 heavy (non-hydrogen) atoms. The zero-order valence-electron chi connectivity index (χ0n) is 73.1. The summed E-state index contributed by atoms with van der Waals surface area (Å²) in [5.74, 6) is -38.6. The van der Waals surface area contributed by atoms with Crippen molar-refractivity contribution >= 4 is 0 Å². The summed E-state index contributed by atoms with van der Waals surface area (Å²) in [6.45, 7) is 1.64. The van der Waals surface area contributed by atoms with Crippen LogP contribution in [0.25, 0.3) is 0 Å². The van der Waals surface area contributed by atoms with Crippen LogP contribution in [0.1, 0.15) is 5.56 Å². The summed E-state index contributed by atoms with van der Waals surface area (Å²) < 4.78 is 83.4. The molecule has 16 aromatic rings. The van der Waals surface area contributed by atoms with Crippen LogP contribution in [0.3, 0.4) is 0 Å². The second kappa shape index (κ2) is 39.4. The highest BCUT2D eigenvalue weighted by Gasteiger charge is 2.32. The van der Waals surface area contributed by atoms with Crippen LogP contribution in [-0.2, 0) is 0 Å². The van der Waals surface area contributed by atoms with Gasteiger partial charge in [-0.15, -0.1) is 0 Å². The first kappa shape index (κ1) is 97.7. The summed E-state index contributed by atoms with van der Waals surface area (Å²) in [4.78, 5) is 0. The number of aryl methyl sites for hydroxylation is 1. The largest absolute Gasteiger partial charge is 0.508 e. The fourth-order valence-electron chi connectivity index (χ4n) is 13.5. The molecule has 0 aliphatic carbocycles. The lowest BCUT2D eigenvalue weighted by Gasteiger charge is -2.20. The summed E-state index contributed by atoms with van der Waals surface area (Å²) in [6.07, 6.45) is 0. The van der Waals surface area contributed by atoms with Crippen LogP contribution in [0.15, 0.2) is 206 Å². The van der Waals surface area contributed by atoms with Gasteiger partial charge in [0.25, 0.3) is 0 Å². The van der Waals surface area contributed by atoms with E-state index in [0.29, 0.717) is 17.7 Å². The fraction of sp³-hybridized carbons (Fsp3) is 0.0204. The highest BCUT2D eigenvalue weighted by Crippen LogP contribution is 2.61. The van der Waals surface area contributed by atoms with Gasteiger partial charge in [0.2, 0.25) is 86.2 Å². The van der Waals surface area contributed by atoms with Gasteiger partial charge in [-0.1, -0.05) is 6.07 Å². The van der Waals surface area contributed by atoms with Crippen LogP contribution in [0.4, 0.5) is 0 Å². The summed E-state index contributed by atoms with van der Waals surface area (Å²) in [7, 11) is 1.22. The summed E-state index contributed by atoms with van der Waals surface area (Å²) >= 11 is 0. The Labute approximate surface area is 807 Å². The third-order valence-electron chi connectivity index (χ3n) is 19.6. The molecule has 0 heterocycles. The van der Waals surface area contributed by atoms with Gasteiger partial charge in [-0.25, -0.2) is 0 Å². The molecule has 0 aromatic heterocycles. The Morgan fingerprint density at radius 3 is 0.545 bits per heavy atom. The molecule has 16 rings (SSSR count). The van der Waals surface area contributed by atoms with Gasteiger partial charge in [0.15, 0.2) is 172 Å².